The molecule has 8 rings (SSSR count). The normalized spacial score (nSPS) is 46.0. The smallest absolute Gasteiger partial charge is 0.472 e. The summed E-state index contributed by atoms with van der Waals surface area (Å²) < 4.78 is 111. The number of aliphatic carboxylic acids is 2. The maximum Gasteiger partial charge on any atom is 0.472 e. The standard InChI is InChI=1S/C60H102N3O50P/c1-15(72)62-27-32(81)30(79)22(10-67)98-51(27)103-44-24(12-69)100-53(38(87)36(44)85)104-45-25(13-70)101-54(39(88)37(45)86)109-50-42(19(76)8-65)102-55(106-47-21(6-59(94,57(90)91)111-43(47)20(77)9-66)110-60(58(92)93)5-17(74)29(78)41(112-60)18(75)7-64)40(89)48(50)107-56-49(108-52-28(63-16(2)73)33(82)31(80)23(11-68)99-52)35(84)34(83)46(105-56)26(14-71)113-114(95,96)97-4-3-61/h17-56,64-71,74-89,94H,3-14,61H2,1-2H3,(H,62,72)(H,63,73)(H,90,91)(H,92,93)(H,95,96)/t17-,18-,19+,20-,21-,22-,23-,24-,25-,26+,27-,28-,29-,30-,31-,32-,33-,34+,35+,36-,37-,38-,39-,40+,41-,42-,43-,44+,45-,46-,47-,48-,49+,50-,51+,52-,53+,54+,55-,56-,59-,60-/m1/s1. The third kappa shape index (κ3) is 21.1. The van der Waals surface area contributed by atoms with E-state index in [0.29, 0.717) is 0 Å². The van der Waals surface area contributed by atoms with Gasteiger partial charge in [0.2, 0.25) is 11.8 Å². The summed E-state index contributed by atoms with van der Waals surface area (Å²) in [7, 11) is -5.48. The van der Waals surface area contributed by atoms with Crippen LogP contribution >= 0.6 is 7.82 Å². The number of nitrogens with one attached hydrogen (secondary N) is 2. The van der Waals surface area contributed by atoms with Crippen LogP contribution < -0.4 is 16.4 Å². The van der Waals surface area contributed by atoms with E-state index in [-0.39, 0.29) is 0 Å². The first kappa shape index (κ1) is 95.8. The van der Waals surface area contributed by atoms with Gasteiger partial charge in [0.15, 0.2) is 37.7 Å². The number of phosphoric acid groups is 1. The van der Waals surface area contributed by atoms with Crippen LogP contribution in [0.4, 0.5) is 0 Å². The van der Waals surface area contributed by atoms with E-state index in [2.05, 4.69) is 10.6 Å². The molecule has 53 nitrogen and oxygen atoms in total. The van der Waals surface area contributed by atoms with E-state index in [1.54, 1.807) is 0 Å². The molecule has 0 spiro atoms. The van der Waals surface area contributed by atoms with E-state index < -0.39 is 367 Å². The number of carbonyl (C=O) groups excluding carboxylic acids is 2. The third-order valence-electron chi connectivity index (χ3n) is 19.9. The monoisotopic (exact) mass is 1700 g/mol. The molecule has 0 bridgehead atoms. The Bertz CT molecular complexity index is 3110. The SMILES string of the molecule is CC(=O)N[C@H]1[C@H](O[C@@H]2[C@H](O)[C@@H](O)[C@H](O[C@H]3[C@H](O)[C@@H](O)[C@H](O[C@H]4[C@H](O[C@H]5O[C@H]([C@H](CO)OP(=O)(O)OCCN)[C@@H](O)[C@H](O)[C@@H]5O[C@H]5O[C@H](CO)[C@@H](O)[C@H](O)[C@H]5NC(C)=O)[C@H](O)[C@@H](O[C@H]5[C@@H]([C@H](O)CO)O[C@@](O)(C(=O)O)C[C@H]5O[C@]5(C(=O)O)C[C@@H](O)[C@@H](O)[C@@H]([C@H](O)CO)O5)O[C@@H]4[C@@H](O)CO)O[C@@H]3CO)O[C@@H]2CO)O[C@H](CO)[C@@H](O)[C@@H]1O. The van der Waals surface area contributed by atoms with Crippen molar-refractivity contribution in [3.05, 3.63) is 0 Å². The minimum Gasteiger partial charge on any atom is -0.477 e. The zero-order chi connectivity index (χ0) is 84.8. The first-order chi connectivity index (χ1) is 53.6. The van der Waals surface area contributed by atoms with Gasteiger partial charge in [0.25, 0.3) is 11.6 Å². The average Bonchev–Trinajstić information content (AvgIpc) is 0.747. The van der Waals surface area contributed by atoms with Crippen LogP contribution in [-0.2, 0) is 104 Å². The molecule has 8 aliphatic rings. The largest absolute Gasteiger partial charge is 0.477 e. The zero-order valence-electron chi connectivity index (χ0n) is 60.1. The van der Waals surface area contributed by atoms with Crippen molar-refractivity contribution >= 4 is 31.6 Å². The molecular weight excluding hydrogens is 1590 g/mol. The maximum atomic E-state index is 13.5. The molecule has 8 fully saturated rings. The molecule has 43 atom stereocenters. The highest BCUT2D eigenvalue weighted by atomic mass is 31.2. The van der Waals surface area contributed by atoms with Crippen LogP contribution in [-0.4, -0.2) is 489 Å². The molecule has 1 unspecified atom stereocenters. The van der Waals surface area contributed by atoms with Gasteiger partial charge in [0.1, 0.15) is 195 Å². The Morgan fingerprint density at radius 2 is 0.868 bits per heavy atom. The quantitative estimate of drug-likeness (QED) is 0.0262. The lowest BCUT2D eigenvalue weighted by atomic mass is 9.89. The second-order valence-corrected chi connectivity index (χ2v) is 29.3. The molecule has 0 aromatic rings. The number of phosphoric ester groups is 1. The van der Waals surface area contributed by atoms with Gasteiger partial charge in [-0.05, 0) is 0 Å². The van der Waals surface area contributed by atoms with Crippen molar-refractivity contribution in [2.24, 2.45) is 5.73 Å². The van der Waals surface area contributed by atoms with Gasteiger partial charge < -0.3 is 230 Å². The Morgan fingerprint density at radius 1 is 0.447 bits per heavy atom. The van der Waals surface area contributed by atoms with Crippen molar-refractivity contribution < 1.29 is 247 Å². The lowest BCUT2D eigenvalue weighted by Crippen LogP contribution is -2.71. The highest BCUT2D eigenvalue weighted by molar-refractivity contribution is 7.47. The number of nitrogens with two attached hydrogens (primary N) is 1. The number of amides is 2. The van der Waals surface area contributed by atoms with Crippen LogP contribution in [0.1, 0.15) is 26.7 Å². The van der Waals surface area contributed by atoms with Crippen LogP contribution in [0.2, 0.25) is 0 Å². The van der Waals surface area contributed by atoms with E-state index in [4.69, 9.17) is 85.8 Å². The number of aliphatic hydroxyl groups excluding tert-OH is 24. The Balaban J connectivity index is 1.24. The first-order valence-electron chi connectivity index (χ1n) is 35.3. The van der Waals surface area contributed by atoms with Crippen LogP contribution in [0.5, 0.6) is 0 Å². The summed E-state index contributed by atoms with van der Waals surface area (Å²) in [5, 5.41) is 305. The van der Waals surface area contributed by atoms with E-state index in [0.717, 1.165) is 13.8 Å². The van der Waals surface area contributed by atoms with Crippen molar-refractivity contribution in [3.63, 3.8) is 0 Å². The highest BCUT2D eigenvalue weighted by Crippen LogP contribution is 2.48. The molecule has 8 saturated heterocycles. The Hall–Kier alpha value is -3.65. The van der Waals surface area contributed by atoms with Crippen LogP contribution in [0.15, 0.2) is 0 Å². The highest BCUT2D eigenvalue weighted by Gasteiger charge is 2.65. The number of hydrogen-bond donors (Lipinski definition) is 31. The number of hydrogen-bond acceptors (Lipinski definition) is 48. The van der Waals surface area contributed by atoms with E-state index in [1.165, 1.54) is 0 Å². The van der Waals surface area contributed by atoms with Gasteiger partial charge >= 0.3 is 19.8 Å². The molecule has 54 heteroatoms. The molecule has 0 aliphatic carbocycles. The van der Waals surface area contributed by atoms with Gasteiger partial charge in [-0.15, -0.1) is 0 Å². The van der Waals surface area contributed by atoms with Crippen LogP contribution in [0.25, 0.3) is 0 Å². The summed E-state index contributed by atoms with van der Waals surface area (Å²) in [6.45, 7) is -9.95. The molecule has 0 radical (unpaired) electrons. The summed E-state index contributed by atoms with van der Waals surface area (Å²) in [4.78, 5) is 62.0. The molecule has 114 heavy (non-hydrogen) atoms. The van der Waals surface area contributed by atoms with Gasteiger partial charge in [-0.3, -0.25) is 18.6 Å². The number of ether oxygens (including phenoxy) is 15. The molecule has 0 aromatic carbocycles. The van der Waals surface area contributed by atoms with Gasteiger partial charge in [-0.2, -0.15) is 0 Å². The van der Waals surface area contributed by atoms with E-state index in [1.807, 2.05) is 0 Å². The van der Waals surface area contributed by atoms with Crippen molar-refractivity contribution in [2.45, 2.75) is 283 Å². The lowest BCUT2D eigenvalue weighted by Gasteiger charge is -2.53. The number of carboxylic acids is 2. The van der Waals surface area contributed by atoms with Crippen molar-refractivity contribution in [3.8, 4) is 0 Å². The maximum absolute atomic E-state index is 13.5. The summed E-state index contributed by atoms with van der Waals surface area (Å²) in [6, 6.07) is -3.69. The third-order valence-corrected chi connectivity index (χ3v) is 21.0. The molecule has 662 valence electrons. The van der Waals surface area contributed by atoms with E-state index in [9.17, 15) is 167 Å². The van der Waals surface area contributed by atoms with Gasteiger partial charge in [0.05, 0.1) is 71.7 Å². The molecule has 8 heterocycles. The topological polar surface area (TPSA) is 859 Å². The lowest BCUT2D eigenvalue weighted by molar-refractivity contribution is -0.420. The second-order valence-electron chi connectivity index (χ2n) is 27.9. The van der Waals surface area contributed by atoms with Gasteiger partial charge in [-0.1, -0.05) is 0 Å². The molecule has 32 N–H and O–H groups in total. The van der Waals surface area contributed by atoms with Crippen LogP contribution in [0, 0.1) is 0 Å². The predicted octanol–water partition coefficient (Wildman–Crippen LogP) is -19.7. The molecule has 0 aromatic heterocycles. The van der Waals surface area contributed by atoms with Gasteiger partial charge in [-0.25, -0.2) is 14.2 Å². The first-order valence-corrected chi connectivity index (χ1v) is 36.8. The van der Waals surface area contributed by atoms with E-state index >= 15 is 0 Å². The van der Waals surface area contributed by atoms with Crippen molar-refractivity contribution in [2.75, 3.05) is 66.0 Å². The summed E-state index contributed by atoms with van der Waals surface area (Å²) in [6.07, 6.45) is -94.5. The Labute approximate surface area is 642 Å². The zero-order valence-corrected chi connectivity index (χ0v) is 61.0. The predicted molar refractivity (Wildman–Crippen MR) is 346 cm³/mol. The molecular formula is C60H102N3O50P. The number of aliphatic hydroxyl groups is 25. The second kappa shape index (κ2) is 40.8. The molecule has 0 saturated carbocycles. The molecule has 8 aliphatic heterocycles. The minimum absolute atomic E-state index is 0.451. The summed E-state index contributed by atoms with van der Waals surface area (Å²) in [5.74, 6) is -13.8. The Morgan fingerprint density at radius 3 is 1.32 bits per heavy atom. The van der Waals surface area contributed by atoms with Crippen molar-refractivity contribution in [1.82, 2.24) is 10.6 Å². The number of rotatable bonds is 35. The molecule has 2 amide bonds. The van der Waals surface area contributed by atoms with Crippen molar-refractivity contribution in [1.29, 1.82) is 0 Å². The summed E-state index contributed by atoms with van der Waals surface area (Å²) in [5.41, 5.74) is 5.43. The summed E-state index contributed by atoms with van der Waals surface area (Å²) >= 11 is 0. The van der Waals surface area contributed by atoms with Gasteiger partial charge in [0, 0.05) is 33.2 Å². The van der Waals surface area contributed by atoms with Crippen LogP contribution in [0.3, 0.4) is 0 Å². The fraction of sp³-hybridized carbons (Fsp3) is 0.933. The average molecular weight is 1700 g/mol. The minimum atomic E-state index is -5.48. The number of carboxylic acid groups (broad SMARTS) is 2. The fourth-order valence-corrected chi connectivity index (χ4v) is 15.0. The Kier molecular flexibility index (Phi) is 34.3. The number of carbonyl (C=O) groups is 4. The fourth-order valence-electron chi connectivity index (χ4n) is 14.1.